The maximum Gasteiger partial charge on any atom is 0.252 e. The number of rotatable bonds is 6. The van der Waals surface area contributed by atoms with Crippen LogP contribution in [-0.4, -0.2) is 36.9 Å². The third-order valence-corrected chi connectivity index (χ3v) is 6.60. The molecule has 2 N–H and O–H groups in total. The molecule has 3 atom stereocenters. The van der Waals surface area contributed by atoms with E-state index in [0.29, 0.717) is 5.56 Å². The Morgan fingerprint density at radius 2 is 1.93 bits per heavy atom. The van der Waals surface area contributed by atoms with Crippen molar-refractivity contribution in [1.82, 2.24) is 10.2 Å². The molecule has 0 radical (unpaired) electrons. The lowest BCUT2D eigenvalue weighted by atomic mass is 9.83. The summed E-state index contributed by atoms with van der Waals surface area (Å²) in [6, 6.07) is 15.4. The number of hydrogen-bond acceptors (Lipinski definition) is 3. The van der Waals surface area contributed by atoms with Crippen LogP contribution in [0, 0.1) is 11.8 Å². The number of carbonyl (C=O) groups excluding carboxylic acids is 2. The van der Waals surface area contributed by atoms with Crippen molar-refractivity contribution in [2.24, 2.45) is 11.8 Å². The van der Waals surface area contributed by atoms with Crippen LogP contribution in [0.4, 0.5) is 5.69 Å². The van der Waals surface area contributed by atoms with Gasteiger partial charge in [0.2, 0.25) is 5.91 Å². The molecule has 0 saturated carbocycles. The number of likely N-dealkylation sites (tertiary alicyclic amines) is 1. The van der Waals surface area contributed by atoms with Crippen LogP contribution in [0.5, 0.6) is 0 Å². The average Bonchev–Trinajstić information content (AvgIpc) is 3.04. The molecule has 0 aromatic heterocycles. The van der Waals surface area contributed by atoms with Crippen molar-refractivity contribution in [2.75, 3.05) is 25.5 Å². The summed E-state index contributed by atoms with van der Waals surface area (Å²) in [4.78, 5) is 26.9. The Balaban J connectivity index is 1.27. The molecule has 0 bridgehead atoms. The number of hydrogen-bond donors (Lipinski definition) is 2. The van der Waals surface area contributed by atoms with Gasteiger partial charge >= 0.3 is 0 Å². The van der Waals surface area contributed by atoms with Crippen molar-refractivity contribution in [1.29, 1.82) is 0 Å². The standard InChI is InChI=1S/C25H31N3O2/c1-17-16-28(2)14-13-19(17)10-7-18-8-11-20(12-9-18)26-24(29)15-23-21-5-3-4-6-22(21)25(30)27-23/h3-6,8-9,11-12,17,19,23H,7,10,13-16H2,1-2H3,(H,26,29)(H,27,30). The molecule has 2 aliphatic heterocycles. The Hall–Kier alpha value is -2.66. The van der Waals surface area contributed by atoms with Crippen molar-refractivity contribution in [3.63, 3.8) is 0 Å². The summed E-state index contributed by atoms with van der Waals surface area (Å²) in [5.41, 5.74) is 3.68. The zero-order valence-corrected chi connectivity index (χ0v) is 17.9. The van der Waals surface area contributed by atoms with E-state index < -0.39 is 0 Å². The molecule has 3 unspecified atom stereocenters. The first-order valence-electron chi connectivity index (χ1n) is 11.0. The third-order valence-electron chi connectivity index (χ3n) is 6.60. The highest BCUT2D eigenvalue weighted by molar-refractivity contribution is 6.00. The summed E-state index contributed by atoms with van der Waals surface area (Å²) in [7, 11) is 2.21. The van der Waals surface area contributed by atoms with Gasteiger partial charge in [-0.15, -0.1) is 0 Å². The van der Waals surface area contributed by atoms with E-state index in [0.717, 1.165) is 29.5 Å². The molecule has 158 valence electrons. The fourth-order valence-electron chi connectivity index (χ4n) is 4.82. The highest BCUT2D eigenvalue weighted by Crippen LogP contribution is 2.29. The number of nitrogens with zero attached hydrogens (tertiary/aromatic N) is 1. The Labute approximate surface area is 178 Å². The molecule has 0 aliphatic carbocycles. The highest BCUT2D eigenvalue weighted by atomic mass is 16.2. The molecule has 2 aromatic carbocycles. The summed E-state index contributed by atoms with van der Waals surface area (Å²) in [5.74, 6) is 1.35. The first-order valence-corrected chi connectivity index (χ1v) is 11.0. The van der Waals surface area contributed by atoms with Crippen LogP contribution in [0.15, 0.2) is 48.5 Å². The normalized spacial score (nSPS) is 23.7. The van der Waals surface area contributed by atoms with Gasteiger partial charge in [0.25, 0.3) is 5.91 Å². The van der Waals surface area contributed by atoms with Gasteiger partial charge in [-0.05, 0) is 74.0 Å². The Bertz CT molecular complexity index is 909. The van der Waals surface area contributed by atoms with Gasteiger partial charge in [0, 0.05) is 17.8 Å². The van der Waals surface area contributed by atoms with Crippen molar-refractivity contribution in [2.45, 2.75) is 38.6 Å². The molecule has 2 aromatic rings. The minimum atomic E-state index is -0.260. The van der Waals surface area contributed by atoms with Crippen LogP contribution in [0.25, 0.3) is 0 Å². The lowest BCUT2D eigenvalue weighted by Crippen LogP contribution is -2.36. The van der Waals surface area contributed by atoms with E-state index in [4.69, 9.17) is 0 Å². The number of amides is 2. The van der Waals surface area contributed by atoms with E-state index in [9.17, 15) is 9.59 Å². The molecule has 2 amide bonds. The van der Waals surface area contributed by atoms with Crippen LogP contribution in [-0.2, 0) is 11.2 Å². The van der Waals surface area contributed by atoms with E-state index >= 15 is 0 Å². The quantitative estimate of drug-likeness (QED) is 0.763. The van der Waals surface area contributed by atoms with Gasteiger partial charge in [0.15, 0.2) is 0 Å². The van der Waals surface area contributed by atoms with E-state index in [1.54, 1.807) is 6.07 Å². The fourth-order valence-corrected chi connectivity index (χ4v) is 4.82. The van der Waals surface area contributed by atoms with Crippen molar-refractivity contribution >= 4 is 17.5 Å². The Morgan fingerprint density at radius 3 is 2.70 bits per heavy atom. The topological polar surface area (TPSA) is 61.4 Å². The first kappa shape index (κ1) is 20.6. The number of nitrogens with one attached hydrogen (secondary N) is 2. The van der Waals surface area contributed by atoms with Gasteiger partial charge in [0.05, 0.1) is 12.5 Å². The summed E-state index contributed by atoms with van der Waals surface area (Å²) < 4.78 is 0. The number of aryl methyl sites for hydroxylation is 1. The number of carbonyl (C=O) groups is 2. The van der Waals surface area contributed by atoms with Gasteiger partial charge in [-0.25, -0.2) is 0 Å². The van der Waals surface area contributed by atoms with Gasteiger partial charge in [-0.2, -0.15) is 0 Å². The minimum Gasteiger partial charge on any atom is -0.345 e. The molecule has 2 heterocycles. The van der Waals surface area contributed by atoms with Gasteiger partial charge in [-0.1, -0.05) is 37.3 Å². The lowest BCUT2D eigenvalue weighted by molar-refractivity contribution is -0.116. The van der Waals surface area contributed by atoms with Crippen molar-refractivity contribution in [3.8, 4) is 0 Å². The fraction of sp³-hybridized carbons (Fsp3) is 0.440. The van der Waals surface area contributed by atoms with Crippen LogP contribution in [0.2, 0.25) is 0 Å². The lowest BCUT2D eigenvalue weighted by Gasteiger charge is -2.34. The predicted molar refractivity (Wildman–Crippen MR) is 119 cm³/mol. The Morgan fingerprint density at radius 1 is 1.17 bits per heavy atom. The summed E-state index contributed by atoms with van der Waals surface area (Å²) >= 11 is 0. The van der Waals surface area contributed by atoms with E-state index in [1.807, 2.05) is 30.3 Å². The largest absolute Gasteiger partial charge is 0.345 e. The summed E-state index contributed by atoms with van der Waals surface area (Å²) in [6.45, 7) is 4.76. The molecule has 4 rings (SSSR count). The smallest absolute Gasteiger partial charge is 0.252 e. The number of anilines is 1. The predicted octanol–water partition coefficient (Wildman–Crippen LogP) is 4.02. The summed E-state index contributed by atoms with van der Waals surface area (Å²) in [6.07, 6.45) is 3.82. The number of piperidine rings is 1. The number of benzene rings is 2. The maximum absolute atomic E-state index is 12.5. The second-order valence-electron chi connectivity index (χ2n) is 8.89. The molecule has 30 heavy (non-hydrogen) atoms. The van der Waals surface area contributed by atoms with E-state index in [-0.39, 0.29) is 24.3 Å². The monoisotopic (exact) mass is 405 g/mol. The van der Waals surface area contributed by atoms with Crippen molar-refractivity contribution in [3.05, 3.63) is 65.2 Å². The number of fused-ring (bicyclic) bond motifs is 1. The minimum absolute atomic E-state index is 0.0927. The summed E-state index contributed by atoms with van der Waals surface area (Å²) in [5, 5.41) is 5.86. The highest BCUT2D eigenvalue weighted by Gasteiger charge is 2.29. The first-order chi connectivity index (χ1) is 14.5. The zero-order chi connectivity index (χ0) is 21.1. The second kappa shape index (κ2) is 9.00. The Kier molecular flexibility index (Phi) is 6.18. The molecule has 5 nitrogen and oxygen atoms in total. The molecule has 1 fully saturated rings. The van der Waals surface area contributed by atoms with Crippen molar-refractivity contribution < 1.29 is 9.59 Å². The van der Waals surface area contributed by atoms with Crippen LogP contribution >= 0.6 is 0 Å². The SMILES string of the molecule is CC1CN(C)CCC1CCc1ccc(NC(=O)CC2NC(=O)c3ccccc32)cc1. The van der Waals surface area contributed by atoms with Gasteiger partial charge in [0.1, 0.15) is 0 Å². The molecular formula is C25H31N3O2. The maximum atomic E-state index is 12.5. The van der Waals surface area contributed by atoms with Crippen LogP contribution in [0.3, 0.4) is 0 Å². The van der Waals surface area contributed by atoms with Gasteiger partial charge < -0.3 is 15.5 Å². The average molecular weight is 406 g/mol. The zero-order valence-electron chi connectivity index (χ0n) is 17.9. The van der Waals surface area contributed by atoms with E-state index in [1.165, 1.54) is 31.5 Å². The molecule has 2 aliphatic rings. The van der Waals surface area contributed by atoms with Gasteiger partial charge in [-0.3, -0.25) is 9.59 Å². The molecule has 5 heteroatoms. The molecule has 0 spiro atoms. The van der Waals surface area contributed by atoms with E-state index in [2.05, 4.69) is 41.6 Å². The third kappa shape index (κ3) is 4.73. The second-order valence-corrected chi connectivity index (χ2v) is 8.89. The van der Waals surface area contributed by atoms with Crippen LogP contribution < -0.4 is 10.6 Å². The molecular weight excluding hydrogens is 374 g/mol. The molecule has 1 saturated heterocycles. The van der Waals surface area contributed by atoms with Crippen LogP contribution in [0.1, 0.15) is 53.7 Å².